The molecule has 0 aromatic rings. The highest BCUT2D eigenvalue weighted by molar-refractivity contribution is 5.02. The van der Waals surface area contributed by atoms with E-state index in [1.165, 1.54) is 25.7 Å². The highest BCUT2D eigenvalue weighted by Gasteiger charge is 2.48. The summed E-state index contributed by atoms with van der Waals surface area (Å²) < 4.78 is 0. The molecule has 2 saturated carbocycles. The molecule has 0 radical (unpaired) electrons. The molecule has 2 unspecified atom stereocenters. The van der Waals surface area contributed by atoms with Crippen LogP contribution >= 0.6 is 0 Å². The summed E-state index contributed by atoms with van der Waals surface area (Å²) in [6, 6.07) is 0.0590. The summed E-state index contributed by atoms with van der Waals surface area (Å²) in [6.45, 7) is 0. The lowest BCUT2D eigenvalue weighted by atomic mass is 9.77. The van der Waals surface area contributed by atoms with Crippen molar-refractivity contribution < 1.29 is 5.11 Å². The van der Waals surface area contributed by atoms with Crippen molar-refractivity contribution in [3.8, 4) is 0 Å². The van der Waals surface area contributed by atoms with Crippen molar-refractivity contribution in [1.29, 1.82) is 0 Å². The Morgan fingerprint density at radius 2 is 1.91 bits per heavy atom. The minimum atomic E-state index is -0.474. The normalized spacial score (nSPS) is 45.8. The Balaban J connectivity index is 2.06. The molecule has 2 fully saturated rings. The van der Waals surface area contributed by atoms with E-state index >= 15 is 0 Å². The van der Waals surface area contributed by atoms with Crippen LogP contribution in [0, 0.1) is 5.92 Å². The molecule has 2 aliphatic rings. The van der Waals surface area contributed by atoms with Crippen LogP contribution in [0.15, 0.2) is 0 Å². The van der Waals surface area contributed by atoms with Gasteiger partial charge in [-0.05, 0) is 31.6 Å². The van der Waals surface area contributed by atoms with Gasteiger partial charge in [-0.3, -0.25) is 0 Å². The molecule has 11 heavy (non-hydrogen) atoms. The Morgan fingerprint density at radius 3 is 2.45 bits per heavy atom. The molecule has 0 aliphatic heterocycles. The zero-order chi connectivity index (χ0) is 7.90. The van der Waals surface area contributed by atoms with Gasteiger partial charge in [0.1, 0.15) is 0 Å². The molecule has 0 heterocycles. The van der Waals surface area contributed by atoms with E-state index in [4.69, 9.17) is 5.73 Å². The van der Waals surface area contributed by atoms with Gasteiger partial charge in [0.2, 0.25) is 0 Å². The second-order valence-electron chi connectivity index (χ2n) is 4.12. The van der Waals surface area contributed by atoms with E-state index in [1.807, 2.05) is 0 Å². The van der Waals surface area contributed by atoms with Gasteiger partial charge in [-0.2, -0.15) is 0 Å². The predicted octanol–water partition coefficient (Wildman–Crippen LogP) is 1.03. The molecule has 3 N–H and O–H groups in total. The van der Waals surface area contributed by atoms with Gasteiger partial charge in [0.05, 0.1) is 5.60 Å². The average molecular weight is 155 g/mol. The van der Waals surface area contributed by atoms with Gasteiger partial charge >= 0.3 is 0 Å². The molecule has 2 aliphatic carbocycles. The number of hydrogen-bond acceptors (Lipinski definition) is 2. The second kappa shape index (κ2) is 2.46. The second-order valence-corrected chi connectivity index (χ2v) is 4.12. The zero-order valence-corrected chi connectivity index (χ0v) is 6.92. The van der Waals surface area contributed by atoms with E-state index in [0.717, 1.165) is 12.8 Å². The van der Waals surface area contributed by atoms with Crippen LogP contribution in [0.3, 0.4) is 0 Å². The first-order valence-electron chi connectivity index (χ1n) is 4.71. The molecule has 64 valence electrons. The summed E-state index contributed by atoms with van der Waals surface area (Å²) in [5.41, 5.74) is 5.43. The standard InChI is InChI=1S/C9H17NO/c10-8-3-1-2-6-9(8,11)7-4-5-7/h7-8,11H,1-6,10H2. The summed E-state index contributed by atoms with van der Waals surface area (Å²) in [5, 5.41) is 10.2. The first-order valence-corrected chi connectivity index (χ1v) is 4.71. The summed E-state index contributed by atoms with van der Waals surface area (Å²) >= 11 is 0. The Kier molecular flexibility index (Phi) is 1.69. The third-order valence-corrected chi connectivity index (χ3v) is 3.27. The van der Waals surface area contributed by atoms with E-state index in [9.17, 15) is 5.11 Å². The molecule has 2 nitrogen and oxygen atoms in total. The van der Waals surface area contributed by atoms with E-state index in [0.29, 0.717) is 5.92 Å². The molecule has 0 aromatic carbocycles. The maximum atomic E-state index is 10.2. The minimum absolute atomic E-state index is 0.0590. The van der Waals surface area contributed by atoms with Crippen LogP contribution in [-0.2, 0) is 0 Å². The topological polar surface area (TPSA) is 46.2 Å². The summed E-state index contributed by atoms with van der Waals surface area (Å²) in [6.07, 6.45) is 6.73. The lowest BCUT2D eigenvalue weighted by Crippen LogP contribution is -2.51. The van der Waals surface area contributed by atoms with Crippen LogP contribution in [-0.4, -0.2) is 16.7 Å². The van der Waals surface area contributed by atoms with Gasteiger partial charge < -0.3 is 10.8 Å². The lowest BCUT2D eigenvalue weighted by Gasteiger charge is -2.38. The van der Waals surface area contributed by atoms with Crippen LogP contribution in [0.25, 0.3) is 0 Å². The van der Waals surface area contributed by atoms with Gasteiger partial charge in [0.15, 0.2) is 0 Å². The molecular formula is C9H17NO. The summed E-state index contributed by atoms with van der Waals surface area (Å²) in [5.74, 6) is 0.540. The Bertz CT molecular complexity index is 156. The van der Waals surface area contributed by atoms with E-state index < -0.39 is 5.60 Å². The maximum Gasteiger partial charge on any atom is 0.0825 e. The van der Waals surface area contributed by atoms with E-state index in [2.05, 4.69) is 0 Å². The van der Waals surface area contributed by atoms with Crippen LogP contribution in [0.5, 0.6) is 0 Å². The highest BCUT2D eigenvalue weighted by Crippen LogP contribution is 2.46. The molecule has 0 saturated heterocycles. The molecule has 2 rings (SSSR count). The lowest BCUT2D eigenvalue weighted by molar-refractivity contribution is -0.0340. The zero-order valence-electron chi connectivity index (χ0n) is 6.92. The fraction of sp³-hybridized carbons (Fsp3) is 1.00. The third kappa shape index (κ3) is 1.18. The van der Waals surface area contributed by atoms with E-state index in [1.54, 1.807) is 0 Å². The Labute approximate surface area is 67.8 Å². The van der Waals surface area contributed by atoms with Crippen molar-refractivity contribution in [2.24, 2.45) is 11.7 Å². The van der Waals surface area contributed by atoms with Crippen molar-refractivity contribution in [1.82, 2.24) is 0 Å². The highest BCUT2D eigenvalue weighted by atomic mass is 16.3. The Morgan fingerprint density at radius 1 is 1.18 bits per heavy atom. The van der Waals surface area contributed by atoms with Crippen molar-refractivity contribution >= 4 is 0 Å². The summed E-state index contributed by atoms with van der Waals surface area (Å²) in [4.78, 5) is 0. The largest absolute Gasteiger partial charge is 0.388 e. The summed E-state index contributed by atoms with van der Waals surface area (Å²) in [7, 11) is 0. The predicted molar refractivity (Wildman–Crippen MR) is 44.1 cm³/mol. The first kappa shape index (κ1) is 7.56. The van der Waals surface area contributed by atoms with Crippen molar-refractivity contribution in [2.75, 3.05) is 0 Å². The molecule has 0 spiro atoms. The van der Waals surface area contributed by atoms with Crippen LogP contribution < -0.4 is 5.73 Å². The molecular weight excluding hydrogens is 138 g/mol. The van der Waals surface area contributed by atoms with Crippen molar-refractivity contribution in [3.05, 3.63) is 0 Å². The first-order chi connectivity index (χ1) is 5.23. The fourth-order valence-electron chi connectivity index (χ4n) is 2.30. The monoisotopic (exact) mass is 155 g/mol. The molecule has 0 amide bonds. The minimum Gasteiger partial charge on any atom is -0.388 e. The molecule has 0 aromatic heterocycles. The van der Waals surface area contributed by atoms with Gasteiger partial charge in [0, 0.05) is 6.04 Å². The van der Waals surface area contributed by atoms with Crippen LogP contribution in [0.1, 0.15) is 38.5 Å². The number of rotatable bonds is 1. The van der Waals surface area contributed by atoms with Gasteiger partial charge in [-0.25, -0.2) is 0 Å². The average Bonchev–Trinajstić information content (AvgIpc) is 2.77. The quantitative estimate of drug-likeness (QED) is 0.594. The van der Waals surface area contributed by atoms with Crippen LogP contribution in [0.2, 0.25) is 0 Å². The SMILES string of the molecule is NC1CCCCC1(O)C1CC1. The molecule has 0 bridgehead atoms. The van der Waals surface area contributed by atoms with E-state index in [-0.39, 0.29) is 6.04 Å². The van der Waals surface area contributed by atoms with Crippen molar-refractivity contribution in [2.45, 2.75) is 50.2 Å². The fourth-order valence-corrected chi connectivity index (χ4v) is 2.30. The number of hydrogen-bond donors (Lipinski definition) is 2. The van der Waals surface area contributed by atoms with Crippen molar-refractivity contribution in [3.63, 3.8) is 0 Å². The van der Waals surface area contributed by atoms with Gasteiger partial charge in [0.25, 0.3) is 0 Å². The maximum absolute atomic E-state index is 10.2. The number of nitrogens with two attached hydrogens (primary N) is 1. The number of aliphatic hydroxyl groups is 1. The molecule has 2 atom stereocenters. The van der Waals surface area contributed by atoms with Gasteiger partial charge in [-0.15, -0.1) is 0 Å². The van der Waals surface area contributed by atoms with Gasteiger partial charge in [-0.1, -0.05) is 12.8 Å². The molecule has 2 heteroatoms. The Hall–Kier alpha value is -0.0800. The van der Waals surface area contributed by atoms with Crippen LogP contribution in [0.4, 0.5) is 0 Å². The third-order valence-electron chi connectivity index (χ3n) is 3.27. The smallest absolute Gasteiger partial charge is 0.0825 e.